The Bertz CT molecular complexity index is 520. The second-order valence-electron chi connectivity index (χ2n) is 3.39. The van der Waals surface area contributed by atoms with Crippen LogP contribution in [0.1, 0.15) is 0 Å². The van der Waals surface area contributed by atoms with Crippen molar-refractivity contribution in [2.45, 2.75) is 0 Å². The van der Waals surface area contributed by atoms with Crippen molar-refractivity contribution in [1.82, 2.24) is 0 Å². The second-order valence-corrected chi connectivity index (χ2v) is 4.27. The van der Waals surface area contributed by atoms with Crippen molar-refractivity contribution in [2.24, 2.45) is 0 Å². The molecule has 16 heavy (non-hydrogen) atoms. The summed E-state index contributed by atoms with van der Waals surface area (Å²) in [6, 6.07) is 9.66. The Morgan fingerprint density at radius 1 is 0.875 bits per heavy atom. The first kappa shape index (κ1) is 11.2. The summed E-state index contributed by atoms with van der Waals surface area (Å²) in [5.41, 5.74) is 6.97. The summed E-state index contributed by atoms with van der Waals surface area (Å²) in [5.74, 6) is -0.450. The van der Waals surface area contributed by atoms with Crippen LogP contribution in [0.4, 0.5) is 10.1 Å². The van der Waals surface area contributed by atoms with Gasteiger partial charge in [0.05, 0.1) is 5.69 Å². The van der Waals surface area contributed by atoms with Crippen LogP contribution >= 0.6 is 23.2 Å². The third-order valence-corrected chi connectivity index (χ3v) is 2.63. The molecule has 0 atom stereocenters. The maximum absolute atomic E-state index is 13.3. The molecular formula is C12H8Cl2FN. The maximum Gasteiger partial charge on any atom is 0.146 e. The quantitative estimate of drug-likeness (QED) is 0.752. The zero-order valence-electron chi connectivity index (χ0n) is 8.18. The summed E-state index contributed by atoms with van der Waals surface area (Å²) >= 11 is 11.7. The number of nitrogens with two attached hydrogens (primary N) is 1. The van der Waals surface area contributed by atoms with E-state index >= 15 is 0 Å². The molecule has 0 bridgehead atoms. The fourth-order valence-electron chi connectivity index (χ4n) is 1.43. The van der Waals surface area contributed by atoms with Gasteiger partial charge in [0.1, 0.15) is 5.82 Å². The number of nitrogen functional groups attached to an aromatic ring is 1. The standard InChI is InChI=1S/C12H8Cl2FN/c13-9-3-8(4-10(14)6-9)7-1-2-12(16)11(15)5-7/h1-6H,16H2. The van der Waals surface area contributed by atoms with Crippen molar-refractivity contribution in [2.75, 3.05) is 5.73 Å². The van der Waals surface area contributed by atoms with Crippen molar-refractivity contribution < 1.29 is 4.39 Å². The summed E-state index contributed by atoms with van der Waals surface area (Å²) in [5, 5.41) is 1.03. The lowest BCUT2D eigenvalue weighted by Gasteiger charge is -2.05. The predicted molar refractivity (Wildman–Crippen MR) is 66.3 cm³/mol. The molecule has 0 aliphatic heterocycles. The molecule has 0 fully saturated rings. The molecule has 0 radical (unpaired) electrons. The van der Waals surface area contributed by atoms with Crippen molar-refractivity contribution in [1.29, 1.82) is 0 Å². The molecule has 0 aromatic heterocycles. The Kier molecular flexibility index (Phi) is 3.03. The number of halogens is 3. The van der Waals surface area contributed by atoms with Gasteiger partial charge in [-0.05, 0) is 41.5 Å². The highest BCUT2D eigenvalue weighted by Gasteiger charge is 2.04. The minimum absolute atomic E-state index is 0.122. The molecule has 0 spiro atoms. The molecule has 2 aromatic carbocycles. The van der Waals surface area contributed by atoms with Crippen LogP contribution in [0, 0.1) is 5.82 Å². The molecule has 82 valence electrons. The van der Waals surface area contributed by atoms with Crippen LogP contribution in [0.2, 0.25) is 10.0 Å². The lowest BCUT2D eigenvalue weighted by molar-refractivity contribution is 0.633. The van der Waals surface area contributed by atoms with Crippen LogP contribution in [-0.4, -0.2) is 0 Å². The van der Waals surface area contributed by atoms with Gasteiger partial charge in [0.25, 0.3) is 0 Å². The number of benzene rings is 2. The highest BCUT2D eigenvalue weighted by molar-refractivity contribution is 6.35. The third-order valence-electron chi connectivity index (χ3n) is 2.20. The Balaban J connectivity index is 2.54. The molecule has 2 N–H and O–H groups in total. The van der Waals surface area contributed by atoms with Gasteiger partial charge in [-0.25, -0.2) is 4.39 Å². The maximum atomic E-state index is 13.3. The topological polar surface area (TPSA) is 26.0 Å². The largest absolute Gasteiger partial charge is 0.396 e. The first-order chi connectivity index (χ1) is 7.56. The highest BCUT2D eigenvalue weighted by Crippen LogP contribution is 2.28. The van der Waals surface area contributed by atoms with Crippen LogP contribution in [0.3, 0.4) is 0 Å². The summed E-state index contributed by atoms with van der Waals surface area (Å²) < 4.78 is 13.3. The van der Waals surface area contributed by atoms with Gasteiger partial charge in [-0.3, -0.25) is 0 Å². The average molecular weight is 256 g/mol. The van der Waals surface area contributed by atoms with Crippen LogP contribution in [0.25, 0.3) is 11.1 Å². The van der Waals surface area contributed by atoms with E-state index in [1.165, 1.54) is 12.1 Å². The number of anilines is 1. The summed E-state index contributed by atoms with van der Waals surface area (Å²) in [7, 11) is 0. The molecule has 0 aliphatic rings. The SMILES string of the molecule is Nc1ccc(-c2cc(Cl)cc(Cl)c2)cc1F. The molecule has 0 unspecified atom stereocenters. The molecule has 0 aliphatic carbocycles. The van der Waals surface area contributed by atoms with Gasteiger partial charge in [-0.15, -0.1) is 0 Å². The van der Waals surface area contributed by atoms with Crippen molar-refractivity contribution in [3.8, 4) is 11.1 Å². The highest BCUT2D eigenvalue weighted by atomic mass is 35.5. The molecule has 2 rings (SSSR count). The van der Waals surface area contributed by atoms with Gasteiger partial charge >= 0.3 is 0 Å². The zero-order chi connectivity index (χ0) is 11.7. The number of hydrogen-bond donors (Lipinski definition) is 1. The van der Waals surface area contributed by atoms with Crippen molar-refractivity contribution in [3.63, 3.8) is 0 Å². The Hall–Kier alpha value is -1.25. The summed E-state index contributed by atoms with van der Waals surface area (Å²) in [6.45, 7) is 0. The normalized spacial score (nSPS) is 10.4. The Morgan fingerprint density at radius 2 is 1.50 bits per heavy atom. The monoisotopic (exact) mass is 255 g/mol. The van der Waals surface area contributed by atoms with E-state index < -0.39 is 5.82 Å². The number of rotatable bonds is 1. The first-order valence-corrected chi connectivity index (χ1v) is 5.33. The van der Waals surface area contributed by atoms with Gasteiger partial charge in [0.15, 0.2) is 0 Å². The molecule has 4 heteroatoms. The lowest BCUT2D eigenvalue weighted by Crippen LogP contribution is -1.90. The molecule has 0 amide bonds. The third kappa shape index (κ3) is 2.29. The molecule has 0 heterocycles. The van der Waals surface area contributed by atoms with Gasteiger partial charge in [-0.1, -0.05) is 29.3 Å². The van der Waals surface area contributed by atoms with Gasteiger partial charge in [0, 0.05) is 10.0 Å². The van der Waals surface area contributed by atoms with E-state index in [4.69, 9.17) is 28.9 Å². The molecule has 0 saturated carbocycles. The fourth-order valence-corrected chi connectivity index (χ4v) is 1.95. The summed E-state index contributed by atoms with van der Waals surface area (Å²) in [4.78, 5) is 0. The molecule has 1 nitrogen and oxygen atoms in total. The van der Waals surface area contributed by atoms with Crippen molar-refractivity contribution in [3.05, 3.63) is 52.3 Å². The van der Waals surface area contributed by atoms with E-state index in [1.54, 1.807) is 24.3 Å². The van der Waals surface area contributed by atoms with E-state index in [0.717, 1.165) is 5.56 Å². The van der Waals surface area contributed by atoms with Gasteiger partial charge < -0.3 is 5.73 Å². The van der Waals surface area contributed by atoms with E-state index in [-0.39, 0.29) is 5.69 Å². The fraction of sp³-hybridized carbons (Fsp3) is 0. The minimum atomic E-state index is -0.450. The van der Waals surface area contributed by atoms with Crippen LogP contribution in [0.5, 0.6) is 0 Å². The lowest BCUT2D eigenvalue weighted by atomic mass is 10.1. The number of hydrogen-bond acceptors (Lipinski definition) is 1. The Morgan fingerprint density at radius 3 is 2.06 bits per heavy atom. The predicted octanol–water partition coefficient (Wildman–Crippen LogP) is 4.38. The van der Waals surface area contributed by atoms with Crippen LogP contribution < -0.4 is 5.73 Å². The van der Waals surface area contributed by atoms with E-state index in [0.29, 0.717) is 15.6 Å². The molecule has 0 saturated heterocycles. The van der Waals surface area contributed by atoms with E-state index in [2.05, 4.69) is 0 Å². The van der Waals surface area contributed by atoms with Crippen LogP contribution in [-0.2, 0) is 0 Å². The Labute approximate surface area is 103 Å². The van der Waals surface area contributed by atoms with E-state index in [1.807, 2.05) is 0 Å². The average Bonchev–Trinajstić information content (AvgIpc) is 2.20. The first-order valence-electron chi connectivity index (χ1n) is 4.58. The van der Waals surface area contributed by atoms with Gasteiger partial charge in [-0.2, -0.15) is 0 Å². The molecular weight excluding hydrogens is 248 g/mol. The van der Waals surface area contributed by atoms with E-state index in [9.17, 15) is 4.39 Å². The van der Waals surface area contributed by atoms with Gasteiger partial charge in [0.2, 0.25) is 0 Å². The smallest absolute Gasteiger partial charge is 0.146 e. The second kappa shape index (κ2) is 4.32. The van der Waals surface area contributed by atoms with Crippen molar-refractivity contribution >= 4 is 28.9 Å². The minimum Gasteiger partial charge on any atom is -0.396 e. The van der Waals surface area contributed by atoms with Crippen LogP contribution in [0.15, 0.2) is 36.4 Å². The zero-order valence-corrected chi connectivity index (χ0v) is 9.69. The summed E-state index contributed by atoms with van der Waals surface area (Å²) in [6.07, 6.45) is 0. The molecule has 2 aromatic rings.